The molecule has 0 aliphatic heterocycles. The van der Waals surface area contributed by atoms with Gasteiger partial charge in [0.2, 0.25) is 5.91 Å². The zero-order chi connectivity index (χ0) is 20.7. The van der Waals surface area contributed by atoms with Gasteiger partial charge in [0.25, 0.3) is 5.91 Å². The first-order chi connectivity index (χ1) is 13.3. The average molecular weight is 403 g/mol. The third-order valence-electron chi connectivity index (χ3n) is 4.59. The fourth-order valence-electron chi connectivity index (χ4n) is 2.96. The Kier molecular flexibility index (Phi) is 7.88. The van der Waals surface area contributed by atoms with Gasteiger partial charge in [-0.3, -0.25) is 9.59 Å². The lowest BCUT2D eigenvalue weighted by molar-refractivity contribution is -0.142. The number of rotatable bonds is 8. The number of carbonyl (C=O) groups excluding carboxylic acids is 2. The summed E-state index contributed by atoms with van der Waals surface area (Å²) < 4.78 is 5.78. The van der Waals surface area contributed by atoms with E-state index in [-0.39, 0.29) is 18.4 Å². The molecule has 0 fully saturated rings. The van der Waals surface area contributed by atoms with Crippen molar-refractivity contribution in [3.63, 3.8) is 0 Å². The van der Waals surface area contributed by atoms with Crippen molar-refractivity contribution in [2.45, 2.75) is 39.8 Å². The highest BCUT2D eigenvalue weighted by atomic mass is 35.5. The lowest BCUT2D eigenvalue weighted by atomic mass is 10.1. The number of likely N-dealkylation sites (N-methyl/N-ethyl adjacent to an activating group) is 1. The molecular formula is C22H27ClN2O3. The number of halogens is 1. The second kappa shape index (κ2) is 10.1. The van der Waals surface area contributed by atoms with Gasteiger partial charge in [-0.05, 0) is 55.2 Å². The lowest BCUT2D eigenvalue weighted by Gasteiger charge is -2.30. The van der Waals surface area contributed by atoms with Crippen LogP contribution in [0.1, 0.15) is 30.0 Å². The van der Waals surface area contributed by atoms with Crippen LogP contribution in [0, 0.1) is 13.8 Å². The molecule has 0 aliphatic rings. The van der Waals surface area contributed by atoms with Crippen molar-refractivity contribution in [1.29, 1.82) is 0 Å². The van der Waals surface area contributed by atoms with Gasteiger partial charge in [-0.1, -0.05) is 42.8 Å². The molecule has 1 atom stereocenters. The van der Waals surface area contributed by atoms with Crippen LogP contribution in [0.25, 0.3) is 0 Å². The summed E-state index contributed by atoms with van der Waals surface area (Å²) in [6, 6.07) is 12.5. The first-order valence-electron chi connectivity index (χ1n) is 9.31. The van der Waals surface area contributed by atoms with E-state index in [1.807, 2.05) is 51.1 Å². The Labute approximate surface area is 171 Å². The molecule has 2 amide bonds. The number of carbonyl (C=O) groups is 2. The molecule has 0 aliphatic carbocycles. The Morgan fingerprint density at radius 1 is 1.14 bits per heavy atom. The van der Waals surface area contributed by atoms with Crippen LogP contribution >= 0.6 is 11.6 Å². The van der Waals surface area contributed by atoms with Gasteiger partial charge in [0.05, 0.1) is 0 Å². The fourth-order valence-corrected chi connectivity index (χ4v) is 3.08. The van der Waals surface area contributed by atoms with Crippen molar-refractivity contribution in [2.24, 2.45) is 0 Å². The molecule has 2 rings (SSSR count). The zero-order valence-electron chi connectivity index (χ0n) is 16.8. The Bertz CT molecular complexity index is 821. The first-order valence-corrected chi connectivity index (χ1v) is 9.69. The second-order valence-electron chi connectivity index (χ2n) is 6.74. The largest absolute Gasteiger partial charge is 0.483 e. The molecule has 0 saturated heterocycles. The molecule has 0 spiro atoms. The van der Waals surface area contributed by atoms with Crippen molar-refractivity contribution < 1.29 is 14.3 Å². The molecule has 0 aromatic heterocycles. The molecule has 0 radical (unpaired) electrons. The van der Waals surface area contributed by atoms with Crippen molar-refractivity contribution in [3.05, 3.63) is 64.2 Å². The van der Waals surface area contributed by atoms with Crippen LogP contribution in [-0.4, -0.2) is 36.4 Å². The summed E-state index contributed by atoms with van der Waals surface area (Å²) in [6.45, 7) is 5.96. The summed E-state index contributed by atoms with van der Waals surface area (Å²) in [5.41, 5.74) is 2.91. The molecule has 0 unspecified atom stereocenters. The third-order valence-corrected chi connectivity index (χ3v) is 4.85. The minimum atomic E-state index is -0.574. The zero-order valence-corrected chi connectivity index (χ0v) is 17.5. The maximum absolute atomic E-state index is 13.0. The number of hydrogen-bond acceptors (Lipinski definition) is 3. The van der Waals surface area contributed by atoms with Gasteiger partial charge in [-0.25, -0.2) is 0 Å². The minimum absolute atomic E-state index is 0.134. The maximum atomic E-state index is 13.0. The molecule has 2 aromatic rings. The van der Waals surface area contributed by atoms with Gasteiger partial charge in [0.1, 0.15) is 11.8 Å². The number of hydrogen-bond donors (Lipinski definition) is 1. The number of ether oxygens (including phenoxy) is 1. The number of amides is 2. The van der Waals surface area contributed by atoms with Gasteiger partial charge in [-0.2, -0.15) is 0 Å². The lowest BCUT2D eigenvalue weighted by Crippen LogP contribution is -2.49. The van der Waals surface area contributed by atoms with Crippen LogP contribution in [0.15, 0.2) is 42.5 Å². The number of aryl methyl sites for hydroxylation is 2. The van der Waals surface area contributed by atoms with Crippen LogP contribution < -0.4 is 10.1 Å². The first kappa shape index (κ1) is 21.8. The molecule has 2 aromatic carbocycles. The molecule has 0 saturated carbocycles. The fraction of sp³-hybridized carbons (Fsp3) is 0.364. The molecule has 150 valence electrons. The normalized spacial score (nSPS) is 11.6. The van der Waals surface area contributed by atoms with Crippen LogP contribution in [-0.2, 0) is 16.1 Å². The van der Waals surface area contributed by atoms with Crippen molar-refractivity contribution in [1.82, 2.24) is 10.2 Å². The third kappa shape index (κ3) is 5.73. The Hall–Kier alpha value is -2.53. The smallest absolute Gasteiger partial charge is 0.261 e. The summed E-state index contributed by atoms with van der Waals surface area (Å²) >= 11 is 5.95. The molecule has 5 nitrogen and oxygen atoms in total. The molecule has 6 heteroatoms. The van der Waals surface area contributed by atoms with E-state index >= 15 is 0 Å². The van der Waals surface area contributed by atoms with Crippen LogP contribution in [0.4, 0.5) is 0 Å². The van der Waals surface area contributed by atoms with E-state index in [0.29, 0.717) is 23.7 Å². The van der Waals surface area contributed by atoms with E-state index in [2.05, 4.69) is 5.32 Å². The second-order valence-corrected chi connectivity index (χ2v) is 7.18. The number of benzene rings is 2. The number of nitrogens with zero attached hydrogens (tertiary/aromatic N) is 1. The monoisotopic (exact) mass is 402 g/mol. The average Bonchev–Trinajstić information content (AvgIpc) is 2.69. The summed E-state index contributed by atoms with van der Waals surface area (Å²) in [7, 11) is 1.57. The predicted molar refractivity (Wildman–Crippen MR) is 112 cm³/mol. The van der Waals surface area contributed by atoms with Crippen LogP contribution in [0.5, 0.6) is 5.75 Å². The van der Waals surface area contributed by atoms with Crippen molar-refractivity contribution in [3.8, 4) is 5.75 Å². The Morgan fingerprint density at radius 2 is 1.82 bits per heavy atom. The summed E-state index contributed by atoms with van der Waals surface area (Å²) in [4.78, 5) is 26.9. The van der Waals surface area contributed by atoms with E-state index in [4.69, 9.17) is 16.3 Å². The van der Waals surface area contributed by atoms with Gasteiger partial charge in [0, 0.05) is 18.6 Å². The van der Waals surface area contributed by atoms with E-state index in [0.717, 1.165) is 16.7 Å². The van der Waals surface area contributed by atoms with Crippen LogP contribution in [0.2, 0.25) is 5.02 Å². The molecule has 1 N–H and O–H groups in total. The van der Waals surface area contributed by atoms with E-state index in [1.54, 1.807) is 24.1 Å². The van der Waals surface area contributed by atoms with E-state index in [1.165, 1.54) is 0 Å². The highest BCUT2D eigenvalue weighted by Crippen LogP contribution is 2.20. The SMILES string of the molecule is CC[C@@H](C(=O)NC)N(Cc1ccc(Cl)cc1)C(=O)COc1cc(C)ccc1C. The van der Waals surface area contributed by atoms with Crippen molar-refractivity contribution in [2.75, 3.05) is 13.7 Å². The Balaban J connectivity index is 2.20. The molecule has 28 heavy (non-hydrogen) atoms. The molecule has 0 bridgehead atoms. The van der Waals surface area contributed by atoms with E-state index < -0.39 is 6.04 Å². The topological polar surface area (TPSA) is 58.6 Å². The standard InChI is InChI=1S/C22H27ClN2O3/c1-5-19(22(27)24-4)25(13-17-8-10-18(23)11-9-17)21(26)14-28-20-12-15(2)6-7-16(20)3/h6-12,19H,5,13-14H2,1-4H3,(H,24,27)/t19-/m0/s1. The van der Waals surface area contributed by atoms with Crippen molar-refractivity contribution >= 4 is 23.4 Å². The van der Waals surface area contributed by atoms with Crippen LogP contribution in [0.3, 0.4) is 0 Å². The molecule has 0 heterocycles. The van der Waals surface area contributed by atoms with Gasteiger partial charge in [-0.15, -0.1) is 0 Å². The molecular weight excluding hydrogens is 376 g/mol. The summed E-state index contributed by atoms with van der Waals surface area (Å²) in [5, 5.41) is 3.27. The van der Waals surface area contributed by atoms with Gasteiger partial charge < -0.3 is 15.0 Å². The minimum Gasteiger partial charge on any atom is -0.483 e. The highest BCUT2D eigenvalue weighted by Gasteiger charge is 2.28. The quantitative estimate of drug-likeness (QED) is 0.728. The highest BCUT2D eigenvalue weighted by molar-refractivity contribution is 6.30. The van der Waals surface area contributed by atoms with Gasteiger partial charge in [0.15, 0.2) is 6.61 Å². The summed E-state index contributed by atoms with van der Waals surface area (Å²) in [5.74, 6) is 0.232. The van der Waals surface area contributed by atoms with E-state index in [9.17, 15) is 9.59 Å². The Morgan fingerprint density at radius 3 is 2.43 bits per heavy atom. The maximum Gasteiger partial charge on any atom is 0.261 e. The predicted octanol–water partition coefficient (Wildman–Crippen LogP) is 3.89. The van der Waals surface area contributed by atoms with Gasteiger partial charge >= 0.3 is 0 Å². The number of nitrogens with one attached hydrogen (secondary N) is 1. The summed E-state index contributed by atoms with van der Waals surface area (Å²) in [6.07, 6.45) is 0.502.